The first-order chi connectivity index (χ1) is 15.8. The summed E-state index contributed by atoms with van der Waals surface area (Å²) in [5, 5.41) is 9.54. The number of carbonyl (C=O) groups excluding carboxylic acids is 3. The van der Waals surface area contributed by atoms with Crippen molar-refractivity contribution >= 4 is 41.2 Å². The molecule has 0 aliphatic rings. The maximum Gasteiger partial charge on any atom is 0.329 e. The number of nitrogens with zero attached hydrogens (tertiary/aromatic N) is 1. The second-order valence-corrected chi connectivity index (χ2v) is 7.55. The molecule has 2 rings (SSSR count). The van der Waals surface area contributed by atoms with Crippen molar-refractivity contribution in [1.29, 1.82) is 0 Å². The summed E-state index contributed by atoms with van der Waals surface area (Å²) in [7, 11) is 0. The zero-order valence-electron chi connectivity index (χ0n) is 18.5. The molecule has 0 spiro atoms. The lowest BCUT2D eigenvalue weighted by Crippen LogP contribution is -2.38. The quantitative estimate of drug-likeness (QED) is 0.200. The van der Waals surface area contributed by atoms with Gasteiger partial charge in [-0.15, -0.1) is 0 Å². The van der Waals surface area contributed by atoms with E-state index in [2.05, 4.69) is 21.2 Å². The lowest BCUT2D eigenvalue weighted by Gasteiger charge is -2.09. The number of nitrogens with one attached hydrogen (secondary N) is 3. The molecule has 0 bridgehead atoms. The molecule has 9 nitrogen and oxygen atoms in total. The minimum atomic E-state index is -0.892. The number of hydrogen-bond donors (Lipinski definition) is 3. The minimum Gasteiger partial charge on any atom is -0.483 e. The second kappa shape index (κ2) is 13.9. The van der Waals surface area contributed by atoms with Gasteiger partial charge in [-0.1, -0.05) is 23.7 Å². The van der Waals surface area contributed by atoms with E-state index in [1.54, 1.807) is 48.5 Å². The van der Waals surface area contributed by atoms with Crippen LogP contribution in [0.3, 0.4) is 0 Å². The third kappa shape index (κ3) is 10.2. The molecular formula is C23H27ClN4O5. The van der Waals surface area contributed by atoms with Crippen LogP contribution in [0.15, 0.2) is 53.6 Å². The van der Waals surface area contributed by atoms with Crippen LogP contribution in [0.2, 0.25) is 5.02 Å². The summed E-state index contributed by atoms with van der Waals surface area (Å²) < 4.78 is 10.9. The number of anilines is 1. The summed E-state index contributed by atoms with van der Waals surface area (Å²) >= 11 is 5.83. The molecule has 2 aromatic rings. The number of amides is 3. The molecule has 0 aromatic heterocycles. The highest BCUT2D eigenvalue weighted by atomic mass is 35.5. The van der Waals surface area contributed by atoms with Crippen molar-refractivity contribution in [3.8, 4) is 5.75 Å². The van der Waals surface area contributed by atoms with Crippen molar-refractivity contribution in [2.45, 2.75) is 26.4 Å². The van der Waals surface area contributed by atoms with Crippen LogP contribution in [0.4, 0.5) is 5.69 Å². The van der Waals surface area contributed by atoms with Crippen LogP contribution in [-0.4, -0.2) is 49.8 Å². The third-order valence-corrected chi connectivity index (χ3v) is 4.29. The fraction of sp³-hybridized carbons (Fsp3) is 0.304. The summed E-state index contributed by atoms with van der Waals surface area (Å²) in [6.07, 6.45) is 2.04. The van der Waals surface area contributed by atoms with Crippen LogP contribution in [0, 0.1) is 0 Å². The van der Waals surface area contributed by atoms with Crippen LogP contribution in [0.1, 0.15) is 25.8 Å². The molecule has 0 saturated carbocycles. The fourth-order valence-electron chi connectivity index (χ4n) is 2.48. The predicted octanol–water partition coefficient (Wildman–Crippen LogP) is 2.74. The Morgan fingerprint density at radius 2 is 1.79 bits per heavy atom. The molecule has 0 atom stereocenters. The smallest absolute Gasteiger partial charge is 0.329 e. The van der Waals surface area contributed by atoms with E-state index in [9.17, 15) is 14.4 Å². The SMILES string of the molecule is CC(C)OCCCNC(=O)C(=O)N/N=C\c1ccccc1OCC(=O)Nc1ccc(Cl)cc1. The average Bonchev–Trinajstić information content (AvgIpc) is 2.79. The van der Waals surface area contributed by atoms with Crippen LogP contribution < -0.4 is 20.8 Å². The largest absolute Gasteiger partial charge is 0.483 e. The Hall–Kier alpha value is -3.43. The fourth-order valence-corrected chi connectivity index (χ4v) is 2.60. The van der Waals surface area contributed by atoms with Crippen molar-refractivity contribution in [2.24, 2.45) is 5.10 Å². The molecule has 176 valence electrons. The normalized spacial score (nSPS) is 10.8. The molecule has 0 radical (unpaired) electrons. The molecule has 0 fully saturated rings. The molecule has 0 aliphatic heterocycles. The van der Waals surface area contributed by atoms with E-state index in [-0.39, 0.29) is 18.6 Å². The Kier molecular flexibility index (Phi) is 10.9. The highest BCUT2D eigenvalue weighted by molar-refractivity contribution is 6.35. The van der Waals surface area contributed by atoms with Crippen molar-refractivity contribution < 1.29 is 23.9 Å². The number of hydrazone groups is 1. The van der Waals surface area contributed by atoms with Crippen molar-refractivity contribution in [2.75, 3.05) is 25.1 Å². The van der Waals surface area contributed by atoms with Gasteiger partial charge < -0.3 is 20.1 Å². The highest BCUT2D eigenvalue weighted by Crippen LogP contribution is 2.16. The molecule has 0 unspecified atom stereocenters. The first kappa shape index (κ1) is 25.8. The van der Waals surface area contributed by atoms with Gasteiger partial charge in [0, 0.05) is 29.4 Å². The van der Waals surface area contributed by atoms with E-state index < -0.39 is 11.8 Å². The minimum absolute atomic E-state index is 0.114. The molecule has 0 heterocycles. The summed E-state index contributed by atoms with van der Waals surface area (Å²) in [5.74, 6) is -1.65. The van der Waals surface area contributed by atoms with Gasteiger partial charge in [-0.25, -0.2) is 5.43 Å². The maximum atomic E-state index is 12.1. The molecule has 3 N–H and O–H groups in total. The van der Waals surface area contributed by atoms with Crippen molar-refractivity contribution in [3.63, 3.8) is 0 Å². The van der Waals surface area contributed by atoms with E-state index in [0.717, 1.165) is 0 Å². The molecule has 0 saturated heterocycles. The van der Waals surface area contributed by atoms with Gasteiger partial charge in [0.2, 0.25) is 0 Å². The molecule has 3 amide bonds. The van der Waals surface area contributed by atoms with E-state index in [0.29, 0.717) is 41.6 Å². The number of ether oxygens (including phenoxy) is 2. The number of rotatable bonds is 11. The Morgan fingerprint density at radius 3 is 2.52 bits per heavy atom. The third-order valence-electron chi connectivity index (χ3n) is 4.04. The van der Waals surface area contributed by atoms with Gasteiger partial charge in [0.05, 0.1) is 12.3 Å². The topological polar surface area (TPSA) is 118 Å². The standard InChI is InChI=1S/C23H27ClN4O5/c1-16(2)32-13-5-12-25-22(30)23(31)28-26-14-17-6-3-4-7-20(17)33-15-21(29)27-19-10-8-18(24)9-11-19/h3-4,6-11,14,16H,5,12-13,15H2,1-2H3,(H,25,30)(H,27,29)(H,28,31)/b26-14-. The highest BCUT2D eigenvalue weighted by Gasteiger charge is 2.12. The zero-order valence-corrected chi connectivity index (χ0v) is 19.2. The predicted molar refractivity (Wildman–Crippen MR) is 126 cm³/mol. The Balaban J connectivity index is 1.79. The van der Waals surface area contributed by atoms with E-state index >= 15 is 0 Å². The Morgan fingerprint density at radius 1 is 1.06 bits per heavy atom. The van der Waals surface area contributed by atoms with Gasteiger partial charge in [-0.05, 0) is 56.7 Å². The van der Waals surface area contributed by atoms with Gasteiger partial charge >= 0.3 is 11.8 Å². The van der Waals surface area contributed by atoms with Gasteiger partial charge in [0.1, 0.15) is 5.75 Å². The van der Waals surface area contributed by atoms with Crippen molar-refractivity contribution in [3.05, 3.63) is 59.1 Å². The summed E-state index contributed by atoms with van der Waals surface area (Å²) in [5.41, 5.74) is 3.27. The van der Waals surface area contributed by atoms with Crippen LogP contribution in [0.5, 0.6) is 5.75 Å². The lowest BCUT2D eigenvalue weighted by atomic mass is 10.2. The number of hydrogen-bond acceptors (Lipinski definition) is 6. The van der Waals surface area contributed by atoms with Crippen LogP contribution in [-0.2, 0) is 19.1 Å². The number of halogens is 1. The second-order valence-electron chi connectivity index (χ2n) is 7.11. The first-order valence-corrected chi connectivity index (χ1v) is 10.7. The van der Waals surface area contributed by atoms with Gasteiger partial charge in [0.15, 0.2) is 6.61 Å². The maximum absolute atomic E-state index is 12.1. The van der Waals surface area contributed by atoms with Crippen LogP contribution >= 0.6 is 11.6 Å². The number of para-hydroxylation sites is 1. The number of benzene rings is 2. The van der Waals surface area contributed by atoms with E-state index in [1.165, 1.54) is 6.21 Å². The lowest BCUT2D eigenvalue weighted by molar-refractivity contribution is -0.139. The summed E-state index contributed by atoms with van der Waals surface area (Å²) in [6.45, 7) is 4.42. The van der Waals surface area contributed by atoms with E-state index in [1.807, 2.05) is 13.8 Å². The zero-order chi connectivity index (χ0) is 24.1. The monoisotopic (exact) mass is 474 g/mol. The Labute approximate surface area is 197 Å². The van der Waals surface area contributed by atoms with Gasteiger partial charge in [0.25, 0.3) is 5.91 Å². The van der Waals surface area contributed by atoms with E-state index in [4.69, 9.17) is 21.1 Å². The molecule has 2 aromatic carbocycles. The summed E-state index contributed by atoms with van der Waals surface area (Å²) in [6, 6.07) is 13.5. The van der Waals surface area contributed by atoms with Gasteiger partial charge in [-0.3, -0.25) is 14.4 Å². The molecule has 33 heavy (non-hydrogen) atoms. The Bertz CT molecular complexity index is 964. The molecule has 0 aliphatic carbocycles. The average molecular weight is 475 g/mol. The molecule has 10 heteroatoms. The summed E-state index contributed by atoms with van der Waals surface area (Å²) in [4.78, 5) is 35.7. The molecular weight excluding hydrogens is 448 g/mol. The van der Waals surface area contributed by atoms with Gasteiger partial charge in [-0.2, -0.15) is 5.10 Å². The number of carbonyl (C=O) groups is 3. The first-order valence-electron chi connectivity index (χ1n) is 10.3. The van der Waals surface area contributed by atoms with Crippen LogP contribution in [0.25, 0.3) is 0 Å². The van der Waals surface area contributed by atoms with Crippen molar-refractivity contribution in [1.82, 2.24) is 10.7 Å².